The highest BCUT2D eigenvalue weighted by molar-refractivity contribution is 6.09. The Kier molecular flexibility index (Phi) is 2.21. The third-order valence-corrected chi connectivity index (χ3v) is 2.98. The highest BCUT2D eigenvalue weighted by Gasteiger charge is 2.44. The van der Waals surface area contributed by atoms with Crippen molar-refractivity contribution in [3.8, 4) is 0 Å². The van der Waals surface area contributed by atoms with E-state index in [0.717, 1.165) is 12.8 Å². The van der Waals surface area contributed by atoms with E-state index in [2.05, 4.69) is 4.98 Å². The fraction of sp³-hybridized carbons (Fsp3) is 0.545. The lowest BCUT2D eigenvalue weighted by Crippen LogP contribution is -2.16. The van der Waals surface area contributed by atoms with Crippen LogP contribution in [0.5, 0.6) is 0 Å². The average molecular weight is 206 g/mol. The van der Waals surface area contributed by atoms with Crippen molar-refractivity contribution in [3.05, 3.63) is 18.2 Å². The summed E-state index contributed by atoms with van der Waals surface area (Å²) in [6, 6.07) is 0. The Morgan fingerprint density at radius 2 is 2.20 bits per heavy atom. The predicted molar refractivity (Wildman–Crippen MR) is 54.5 cm³/mol. The van der Waals surface area contributed by atoms with Crippen molar-refractivity contribution in [2.45, 2.75) is 26.2 Å². The fourth-order valence-corrected chi connectivity index (χ4v) is 1.47. The monoisotopic (exact) mass is 206 g/mol. The molecule has 1 fully saturated rings. The lowest BCUT2D eigenvalue weighted by molar-refractivity contribution is -0.122. The minimum absolute atomic E-state index is 0.00644. The second-order valence-electron chi connectivity index (χ2n) is 4.51. The molecular weight excluding hydrogens is 192 g/mol. The van der Waals surface area contributed by atoms with Crippen LogP contribution < -0.4 is 0 Å². The molecule has 1 aromatic rings. The topological polar surface area (TPSA) is 52.0 Å². The van der Waals surface area contributed by atoms with Crippen molar-refractivity contribution in [1.29, 1.82) is 0 Å². The minimum atomic E-state index is -0.218. The van der Waals surface area contributed by atoms with Gasteiger partial charge in [-0.2, -0.15) is 0 Å². The van der Waals surface area contributed by atoms with Gasteiger partial charge in [-0.25, -0.2) is 4.98 Å². The zero-order chi connectivity index (χ0) is 11.1. The molecule has 0 aliphatic heterocycles. The van der Waals surface area contributed by atoms with E-state index in [1.165, 1.54) is 0 Å². The fourth-order valence-electron chi connectivity index (χ4n) is 1.47. The van der Waals surface area contributed by atoms with Crippen LogP contribution in [0.1, 0.15) is 36.7 Å². The molecule has 1 aliphatic rings. The maximum absolute atomic E-state index is 11.7. The Balaban J connectivity index is 2.01. The summed E-state index contributed by atoms with van der Waals surface area (Å²) in [7, 11) is 1.80. The molecule has 0 amide bonds. The molecule has 0 aromatic carbocycles. The maximum Gasteiger partial charge on any atom is 0.190 e. The normalized spacial score (nSPS) is 17.5. The van der Waals surface area contributed by atoms with E-state index in [4.69, 9.17) is 0 Å². The molecule has 15 heavy (non-hydrogen) atoms. The Hall–Kier alpha value is -1.45. The number of Topliss-reactive ketones (excluding diaryl/α,β-unsaturated/α-hetero) is 2. The van der Waals surface area contributed by atoms with Crippen molar-refractivity contribution in [2.75, 3.05) is 0 Å². The summed E-state index contributed by atoms with van der Waals surface area (Å²) in [5.41, 5.74) is 0.167. The molecule has 0 atom stereocenters. The number of rotatable bonds is 4. The maximum atomic E-state index is 11.7. The largest absolute Gasteiger partial charge is 0.340 e. The number of imidazole rings is 1. The van der Waals surface area contributed by atoms with Crippen LogP contribution in [0.4, 0.5) is 0 Å². The average Bonchev–Trinajstić information content (AvgIpc) is 2.77. The highest BCUT2D eigenvalue weighted by Crippen LogP contribution is 2.46. The Morgan fingerprint density at radius 3 is 2.67 bits per heavy atom. The first-order valence-corrected chi connectivity index (χ1v) is 5.06. The second kappa shape index (κ2) is 3.29. The number of carbonyl (C=O) groups excluding carboxylic acids is 2. The lowest BCUT2D eigenvalue weighted by atomic mass is 9.98. The number of aromatic nitrogens is 2. The minimum Gasteiger partial charge on any atom is -0.340 e. The number of carbonyl (C=O) groups is 2. The zero-order valence-corrected chi connectivity index (χ0v) is 8.99. The molecule has 1 heterocycles. The van der Waals surface area contributed by atoms with E-state index in [1.54, 1.807) is 24.1 Å². The molecule has 4 nitrogen and oxygen atoms in total. The number of hydrogen-bond donors (Lipinski definition) is 0. The van der Waals surface area contributed by atoms with Gasteiger partial charge < -0.3 is 4.57 Å². The van der Waals surface area contributed by atoms with Crippen LogP contribution >= 0.6 is 0 Å². The lowest BCUT2D eigenvalue weighted by Gasteiger charge is -2.04. The van der Waals surface area contributed by atoms with Crippen molar-refractivity contribution in [2.24, 2.45) is 12.5 Å². The van der Waals surface area contributed by atoms with E-state index in [-0.39, 0.29) is 23.4 Å². The van der Waals surface area contributed by atoms with E-state index < -0.39 is 0 Å². The molecule has 0 saturated heterocycles. The van der Waals surface area contributed by atoms with E-state index >= 15 is 0 Å². The molecule has 1 aliphatic carbocycles. The van der Waals surface area contributed by atoms with Gasteiger partial charge in [0.05, 0.1) is 12.7 Å². The predicted octanol–water partition coefficient (Wildman–Crippen LogP) is 1.36. The van der Waals surface area contributed by atoms with Gasteiger partial charge >= 0.3 is 0 Å². The van der Waals surface area contributed by atoms with Crippen molar-refractivity contribution in [3.63, 3.8) is 0 Å². The third-order valence-electron chi connectivity index (χ3n) is 2.98. The first-order valence-electron chi connectivity index (χ1n) is 5.06. The highest BCUT2D eigenvalue weighted by atomic mass is 16.1. The molecule has 1 saturated carbocycles. The quantitative estimate of drug-likeness (QED) is 0.552. The van der Waals surface area contributed by atoms with Gasteiger partial charge in [-0.3, -0.25) is 9.59 Å². The molecule has 80 valence electrons. The van der Waals surface area contributed by atoms with E-state index in [1.807, 2.05) is 6.92 Å². The van der Waals surface area contributed by atoms with Crippen LogP contribution in [0.25, 0.3) is 0 Å². The second-order valence-corrected chi connectivity index (χ2v) is 4.51. The van der Waals surface area contributed by atoms with Gasteiger partial charge in [0.25, 0.3) is 0 Å². The van der Waals surface area contributed by atoms with E-state index in [9.17, 15) is 9.59 Å². The summed E-state index contributed by atoms with van der Waals surface area (Å²) in [4.78, 5) is 27.2. The number of hydrogen-bond acceptors (Lipinski definition) is 3. The molecule has 0 radical (unpaired) electrons. The summed E-state index contributed by atoms with van der Waals surface area (Å²) in [6.07, 6.45) is 5.04. The van der Waals surface area contributed by atoms with Crippen molar-refractivity contribution < 1.29 is 9.59 Å². The zero-order valence-electron chi connectivity index (χ0n) is 8.99. The Bertz CT molecular complexity index is 416. The number of nitrogens with zero attached hydrogens (tertiary/aromatic N) is 2. The van der Waals surface area contributed by atoms with Crippen LogP contribution in [-0.4, -0.2) is 21.1 Å². The molecule has 0 bridgehead atoms. The van der Waals surface area contributed by atoms with Crippen LogP contribution in [0, 0.1) is 5.41 Å². The van der Waals surface area contributed by atoms with Gasteiger partial charge in [-0.15, -0.1) is 0 Å². The summed E-state index contributed by atoms with van der Waals surface area (Å²) in [6.45, 7) is 1.92. The van der Waals surface area contributed by atoms with Crippen LogP contribution in [0.2, 0.25) is 0 Å². The smallest absolute Gasteiger partial charge is 0.190 e. The standard InChI is InChI=1S/C11H14N2O2/c1-11(3-4-11)10(15)5-9(14)8-6-13(2)7-12-8/h6-7H,3-5H2,1-2H3. The summed E-state index contributed by atoms with van der Waals surface area (Å²) < 4.78 is 1.70. The number of aryl methyl sites for hydroxylation is 1. The first kappa shape index (κ1) is 10.1. The first-order chi connectivity index (χ1) is 7.01. The molecular formula is C11H14N2O2. The van der Waals surface area contributed by atoms with Gasteiger partial charge in [0.2, 0.25) is 0 Å². The third kappa shape index (κ3) is 1.98. The summed E-state index contributed by atoms with van der Waals surface area (Å²) in [5.74, 6) is -0.119. The van der Waals surface area contributed by atoms with Gasteiger partial charge in [0.15, 0.2) is 5.78 Å². The molecule has 1 aromatic heterocycles. The van der Waals surface area contributed by atoms with Gasteiger partial charge in [0, 0.05) is 18.7 Å². The van der Waals surface area contributed by atoms with Crippen LogP contribution in [-0.2, 0) is 11.8 Å². The molecule has 4 heteroatoms. The van der Waals surface area contributed by atoms with Crippen LogP contribution in [0.15, 0.2) is 12.5 Å². The molecule has 0 spiro atoms. The SMILES string of the molecule is Cn1cnc(C(=O)CC(=O)C2(C)CC2)c1. The summed E-state index contributed by atoms with van der Waals surface area (Å²) >= 11 is 0. The van der Waals surface area contributed by atoms with Crippen molar-refractivity contribution >= 4 is 11.6 Å². The molecule has 0 unspecified atom stereocenters. The molecule has 0 N–H and O–H groups in total. The summed E-state index contributed by atoms with van der Waals surface area (Å²) in [5, 5.41) is 0. The number of ketones is 2. The van der Waals surface area contributed by atoms with Gasteiger partial charge in [-0.1, -0.05) is 6.92 Å². The van der Waals surface area contributed by atoms with Crippen molar-refractivity contribution in [1.82, 2.24) is 9.55 Å². The van der Waals surface area contributed by atoms with Gasteiger partial charge in [0.1, 0.15) is 11.5 Å². The molecule has 2 rings (SSSR count). The van der Waals surface area contributed by atoms with E-state index in [0.29, 0.717) is 5.69 Å². The Labute approximate surface area is 88.3 Å². The van der Waals surface area contributed by atoms with Gasteiger partial charge in [-0.05, 0) is 12.8 Å². The van der Waals surface area contributed by atoms with Crippen LogP contribution in [0.3, 0.4) is 0 Å². The Morgan fingerprint density at radius 1 is 1.53 bits per heavy atom.